The highest BCUT2D eigenvalue weighted by atomic mass is 16.2. The van der Waals surface area contributed by atoms with E-state index in [4.69, 9.17) is 4.98 Å². The molecule has 0 aliphatic carbocycles. The molecule has 6 rings (SSSR count). The quantitative estimate of drug-likeness (QED) is 0.351. The first-order chi connectivity index (χ1) is 18.6. The van der Waals surface area contributed by atoms with Crippen molar-refractivity contribution in [2.45, 2.75) is 6.92 Å². The number of aromatic nitrogens is 5. The summed E-state index contributed by atoms with van der Waals surface area (Å²) >= 11 is 0. The molecule has 0 saturated carbocycles. The van der Waals surface area contributed by atoms with E-state index in [2.05, 4.69) is 30.5 Å². The molecular formula is C28H27N9O. The van der Waals surface area contributed by atoms with Crippen LogP contribution in [0.3, 0.4) is 0 Å². The molecule has 38 heavy (non-hydrogen) atoms. The van der Waals surface area contributed by atoms with Gasteiger partial charge in [-0.2, -0.15) is 0 Å². The zero-order chi connectivity index (χ0) is 25.9. The normalized spacial score (nSPS) is 13.5. The summed E-state index contributed by atoms with van der Waals surface area (Å²) < 4.78 is 2.01. The van der Waals surface area contributed by atoms with Crippen LogP contribution in [0.15, 0.2) is 85.5 Å². The molecule has 0 radical (unpaired) electrons. The fraction of sp³-hybridized carbons (Fsp3) is 0.179. The summed E-state index contributed by atoms with van der Waals surface area (Å²) in [5.41, 5.74) is 5.41. The van der Waals surface area contributed by atoms with Gasteiger partial charge in [-0.05, 0) is 42.5 Å². The zero-order valence-corrected chi connectivity index (χ0v) is 21.0. The number of benzene rings is 1. The van der Waals surface area contributed by atoms with Crippen molar-refractivity contribution in [3.8, 4) is 11.4 Å². The fourth-order valence-corrected chi connectivity index (χ4v) is 4.53. The molecule has 0 spiro atoms. The molecule has 0 atom stereocenters. The summed E-state index contributed by atoms with van der Waals surface area (Å²) in [6, 6.07) is 19.8. The van der Waals surface area contributed by atoms with Crippen LogP contribution in [0.5, 0.6) is 0 Å². The lowest BCUT2D eigenvalue weighted by molar-refractivity contribution is -0.129. The van der Waals surface area contributed by atoms with Crippen molar-refractivity contribution in [3.63, 3.8) is 0 Å². The van der Waals surface area contributed by atoms with E-state index in [1.54, 1.807) is 13.1 Å². The third-order valence-corrected chi connectivity index (χ3v) is 6.56. The maximum absolute atomic E-state index is 11.6. The lowest BCUT2D eigenvalue weighted by atomic mass is 10.2. The molecule has 10 heteroatoms. The lowest BCUT2D eigenvalue weighted by Gasteiger charge is -2.35. The molecule has 190 valence electrons. The molecule has 5 aromatic rings. The van der Waals surface area contributed by atoms with Gasteiger partial charge in [0.2, 0.25) is 11.9 Å². The van der Waals surface area contributed by atoms with Gasteiger partial charge in [0.05, 0.1) is 35.2 Å². The maximum atomic E-state index is 11.6. The highest BCUT2D eigenvalue weighted by Crippen LogP contribution is 2.24. The summed E-state index contributed by atoms with van der Waals surface area (Å²) in [7, 11) is 0. The monoisotopic (exact) mass is 505 g/mol. The molecule has 0 bridgehead atoms. The number of fused-ring (bicyclic) bond motifs is 1. The van der Waals surface area contributed by atoms with Gasteiger partial charge < -0.3 is 20.4 Å². The number of hydrogen-bond acceptors (Lipinski definition) is 8. The Bertz CT molecular complexity index is 1560. The molecule has 1 aliphatic heterocycles. The zero-order valence-electron chi connectivity index (χ0n) is 21.0. The Labute approximate surface area is 220 Å². The fourth-order valence-electron chi connectivity index (χ4n) is 4.53. The topological polar surface area (TPSA) is 104 Å². The number of anilines is 5. The molecule has 0 unspecified atom stereocenters. The van der Waals surface area contributed by atoms with Crippen molar-refractivity contribution in [3.05, 3.63) is 85.5 Å². The molecule has 5 heterocycles. The molecular weight excluding hydrogens is 478 g/mol. The number of carbonyl (C=O) groups excluding carboxylic acids is 1. The van der Waals surface area contributed by atoms with Gasteiger partial charge in [0, 0.05) is 51.2 Å². The van der Waals surface area contributed by atoms with E-state index in [0.717, 1.165) is 60.3 Å². The van der Waals surface area contributed by atoms with Crippen molar-refractivity contribution in [2.24, 2.45) is 0 Å². The van der Waals surface area contributed by atoms with Crippen LogP contribution in [-0.2, 0) is 4.79 Å². The number of pyridine rings is 2. The minimum absolute atomic E-state index is 0.123. The van der Waals surface area contributed by atoms with Crippen molar-refractivity contribution < 1.29 is 4.79 Å². The lowest BCUT2D eigenvalue weighted by Crippen LogP contribution is -2.48. The number of piperazine rings is 1. The van der Waals surface area contributed by atoms with Crippen molar-refractivity contribution in [1.82, 2.24) is 29.2 Å². The van der Waals surface area contributed by atoms with Crippen LogP contribution in [0.25, 0.3) is 17.0 Å². The third-order valence-electron chi connectivity index (χ3n) is 6.56. The van der Waals surface area contributed by atoms with E-state index in [1.807, 2.05) is 88.6 Å². The molecule has 2 N–H and O–H groups in total. The number of imidazole rings is 1. The molecule has 1 fully saturated rings. The standard InChI is InChI=1S/C28H27N9O/c1-20(38)35-13-15-36(16-14-35)23-8-9-26(30-17-23)34-28-29-12-11-24(33-28)25-18-31-27-10-7-22(19-37(25)27)32-21-5-3-2-4-6-21/h2-12,17-19,32H,13-16H2,1H3,(H,29,30,33,34). The van der Waals surface area contributed by atoms with E-state index in [1.165, 1.54) is 0 Å². The van der Waals surface area contributed by atoms with Gasteiger partial charge in [-0.25, -0.2) is 19.9 Å². The van der Waals surface area contributed by atoms with Crippen molar-refractivity contribution in [2.75, 3.05) is 41.7 Å². The van der Waals surface area contributed by atoms with Crippen LogP contribution in [0.4, 0.5) is 28.8 Å². The smallest absolute Gasteiger partial charge is 0.228 e. The average Bonchev–Trinajstić information content (AvgIpc) is 3.38. The Morgan fingerprint density at radius 3 is 2.42 bits per heavy atom. The van der Waals surface area contributed by atoms with Gasteiger partial charge in [0.15, 0.2) is 0 Å². The summed E-state index contributed by atoms with van der Waals surface area (Å²) in [4.78, 5) is 33.9. The summed E-state index contributed by atoms with van der Waals surface area (Å²) in [5.74, 6) is 1.23. The molecule has 1 saturated heterocycles. The Morgan fingerprint density at radius 1 is 0.816 bits per heavy atom. The number of nitrogens with zero attached hydrogens (tertiary/aromatic N) is 7. The number of para-hydroxylation sites is 1. The Kier molecular flexibility index (Phi) is 6.27. The van der Waals surface area contributed by atoms with Gasteiger partial charge in [0.1, 0.15) is 11.5 Å². The van der Waals surface area contributed by atoms with E-state index >= 15 is 0 Å². The van der Waals surface area contributed by atoms with E-state index in [0.29, 0.717) is 11.8 Å². The summed E-state index contributed by atoms with van der Waals surface area (Å²) in [6.07, 6.45) is 7.38. The van der Waals surface area contributed by atoms with Crippen LogP contribution < -0.4 is 15.5 Å². The van der Waals surface area contributed by atoms with E-state index in [9.17, 15) is 4.79 Å². The molecule has 1 aliphatic rings. The number of nitrogens with one attached hydrogen (secondary N) is 2. The van der Waals surface area contributed by atoms with E-state index < -0.39 is 0 Å². The molecule has 1 amide bonds. The highest BCUT2D eigenvalue weighted by Gasteiger charge is 2.19. The number of carbonyl (C=O) groups is 1. The third kappa shape index (κ3) is 4.96. The van der Waals surface area contributed by atoms with Crippen LogP contribution in [0, 0.1) is 0 Å². The second-order valence-electron chi connectivity index (χ2n) is 9.07. The van der Waals surface area contributed by atoms with Gasteiger partial charge in [-0.15, -0.1) is 0 Å². The van der Waals surface area contributed by atoms with Gasteiger partial charge in [-0.3, -0.25) is 9.20 Å². The van der Waals surface area contributed by atoms with Gasteiger partial charge >= 0.3 is 0 Å². The van der Waals surface area contributed by atoms with Crippen molar-refractivity contribution in [1.29, 1.82) is 0 Å². The number of amides is 1. The number of hydrogen-bond donors (Lipinski definition) is 2. The average molecular weight is 506 g/mol. The van der Waals surface area contributed by atoms with Gasteiger partial charge in [-0.1, -0.05) is 18.2 Å². The number of rotatable bonds is 6. The maximum Gasteiger partial charge on any atom is 0.228 e. The minimum atomic E-state index is 0.123. The SMILES string of the molecule is CC(=O)N1CCN(c2ccc(Nc3nccc(-c4cnc5ccc(Nc6ccccc6)cn45)n3)nc2)CC1. The van der Waals surface area contributed by atoms with Crippen LogP contribution in [0.1, 0.15) is 6.92 Å². The predicted octanol–water partition coefficient (Wildman–Crippen LogP) is 4.34. The second kappa shape index (κ2) is 10.2. The molecule has 10 nitrogen and oxygen atoms in total. The predicted molar refractivity (Wildman–Crippen MR) is 148 cm³/mol. The first-order valence-electron chi connectivity index (χ1n) is 12.5. The highest BCUT2D eigenvalue weighted by molar-refractivity contribution is 5.73. The van der Waals surface area contributed by atoms with Crippen LogP contribution in [-0.4, -0.2) is 61.3 Å². The molecule has 4 aromatic heterocycles. The Hall–Kier alpha value is -4.99. The summed E-state index contributed by atoms with van der Waals surface area (Å²) in [6.45, 7) is 4.65. The Morgan fingerprint density at radius 2 is 1.66 bits per heavy atom. The minimum Gasteiger partial charge on any atom is -0.367 e. The Balaban J connectivity index is 1.18. The van der Waals surface area contributed by atoms with E-state index in [-0.39, 0.29) is 5.91 Å². The first-order valence-corrected chi connectivity index (χ1v) is 12.5. The van der Waals surface area contributed by atoms with Crippen LogP contribution in [0.2, 0.25) is 0 Å². The first kappa shape index (κ1) is 23.4. The van der Waals surface area contributed by atoms with Crippen molar-refractivity contribution >= 4 is 40.4 Å². The van der Waals surface area contributed by atoms with Crippen LogP contribution >= 0.6 is 0 Å². The van der Waals surface area contributed by atoms with Gasteiger partial charge in [0.25, 0.3) is 0 Å². The summed E-state index contributed by atoms with van der Waals surface area (Å²) in [5, 5.41) is 6.62. The largest absolute Gasteiger partial charge is 0.367 e. The molecule has 1 aromatic carbocycles. The second-order valence-corrected chi connectivity index (χ2v) is 9.07.